The standard InChI is InChI=1S/C14H23FN2O/c1-11(18)10-17(3)9-8-14(16-2)12-4-6-13(15)7-5-12/h4-7,11,14,16,18H,8-10H2,1-3H3. The first kappa shape index (κ1) is 15.1. The Bertz CT molecular complexity index is 340. The predicted octanol–water partition coefficient (Wildman–Crippen LogP) is 1.79. The van der Waals surface area contributed by atoms with Gasteiger partial charge in [0.15, 0.2) is 0 Å². The zero-order chi connectivity index (χ0) is 13.5. The maximum atomic E-state index is 12.9. The number of hydrogen-bond acceptors (Lipinski definition) is 3. The summed E-state index contributed by atoms with van der Waals surface area (Å²) in [4.78, 5) is 2.10. The molecule has 1 rings (SSSR count). The highest BCUT2D eigenvalue weighted by Crippen LogP contribution is 2.17. The first-order chi connectivity index (χ1) is 8.52. The van der Waals surface area contributed by atoms with Crippen molar-refractivity contribution >= 4 is 0 Å². The molecule has 1 aromatic carbocycles. The van der Waals surface area contributed by atoms with Crippen LogP contribution in [0.4, 0.5) is 4.39 Å². The quantitative estimate of drug-likeness (QED) is 0.778. The Labute approximate surface area is 109 Å². The van der Waals surface area contributed by atoms with E-state index in [1.807, 2.05) is 26.2 Å². The molecule has 2 unspecified atom stereocenters. The van der Waals surface area contributed by atoms with Crippen molar-refractivity contribution in [3.05, 3.63) is 35.6 Å². The molecule has 3 nitrogen and oxygen atoms in total. The van der Waals surface area contributed by atoms with Gasteiger partial charge in [0.2, 0.25) is 0 Å². The van der Waals surface area contributed by atoms with Crippen LogP contribution in [0, 0.1) is 5.82 Å². The average Bonchev–Trinajstić information content (AvgIpc) is 2.31. The predicted molar refractivity (Wildman–Crippen MR) is 72.0 cm³/mol. The van der Waals surface area contributed by atoms with E-state index in [1.165, 1.54) is 12.1 Å². The van der Waals surface area contributed by atoms with E-state index >= 15 is 0 Å². The monoisotopic (exact) mass is 254 g/mol. The van der Waals surface area contributed by atoms with Crippen LogP contribution >= 0.6 is 0 Å². The number of aliphatic hydroxyl groups excluding tert-OH is 1. The molecule has 0 aromatic heterocycles. The second-order valence-corrected chi connectivity index (χ2v) is 4.79. The summed E-state index contributed by atoms with van der Waals surface area (Å²) in [6.07, 6.45) is 0.611. The highest BCUT2D eigenvalue weighted by molar-refractivity contribution is 5.19. The molecular formula is C14H23FN2O. The Morgan fingerprint density at radius 3 is 2.44 bits per heavy atom. The molecule has 0 aliphatic heterocycles. The van der Waals surface area contributed by atoms with Crippen LogP contribution in [0.5, 0.6) is 0 Å². The molecule has 18 heavy (non-hydrogen) atoms. The normalized spacial score (nSPS) is 14.8. The van der Waals surface area contributed by atoms with Gasteiger partial charge in [-0.15, -0.1) is 0 Å². The van der Waals surface area contributed by atoms with E-state index in [9.17, 15) is 9.50 Å². The van der Waals surface area contributed by atoms with E-state index in [4.69, 9.17) is 0 Å². The number of rotatable bonds is 7. The fourth-order valence-corrected chi connectivity index (χ4v) is 2.06. The van der Waals surface area contributed by atoms with Crippen LogP contribution in [0.15, 0.2) is 24.3 Å². The van der Waals surface area contributed by atoms with Crippen LogP contribution in [-0.2, 0) is 0 Å². The molecule has 0 saturated heterocycles. The summed E-state index contributed by atoms with van der Waals surface area (Å²) >= 11 is 0. The Hall–Kier alpha value is -0.970. The van der Waals surface area contributed by atoms with Crippen LogP contribution in [0.3, 0.4) is 0 Å². The number of halogens is 1. The molecule has 0 bridgehead atoms. The van der Waals surface area contributed by atoms with Crippen molar-refractivity contribution in [1.29, 1.82) is 0 Å². The summed E-state index contributed by atoms with van der Waals surface area (Å²) < 4.78 is 12.9. The Kier molecular flexibility index (Phi) is 6.25. The maximum Gasteiger partial charge on any atom is 0.123 e. The molecule has 4 heteroatoms. The first-order valence-electron chi connectivity index (χ1n) is 6.32. The van der Waals surface area contributed by atoms with Crippen molar-refractivity contribution in [2.45, 2.75) is 25.5 Å². The summed E-state index contributed by atoms with van der Waals surface area (Å²) in [5.41, 5.74) is 1.09. The Morgan fingerprint density at radius 2 is 1.94 bits per heavy atom. The Balaban J connectivity index is 2.49. The van der Waals surface area contributed by atoms with Crippen LogP contribution in [0.25, 0.3) is 0 Å². The molecule has 0 radical (unpaired) electrons. The van der Waals surface area contributed by atoms with Crippen LogP contribution in [0.2, 0.25) is 0 Å². The summed E-state index contributed by atoms with van der Waals surface area (Å²) in [7, 11) is 3.90. The van der Waals surface area contributed by atoms with E-state index in [-0.39, 0.29) is 18.0 Å². The van der Waals surface area contributed by atoms with Crippen LogP contribution in [0.1, 0.15) is 24.9 Å². The van der Waals surface area contributed by atoms with Gasteiger partial charge in [-0.25, -0.2) is 4.39 Å². The second kappa shape index (κ2) is 7.46. The Morgan fingerprint density at radius 1 is 1.33 bits per heavy atom. The number of likely N-dealkylation sites (N-methyl/N-ethyl adjacent to an activating group) is 1. The molecule has 0 saturated carbocycles. The van der Waals surface area contributed by atoms with Gasteiger partial charge in [0.25, 0.3) is 0 Å². The van der Waals surface area contributed by atoms with Gasteiger partial charge in [-0.1, -0.05) is 12.1 Å². The minimum absolute atomic E-state index is 0.208. The van der Waals surface area contributed by atoms with Crippen molar-refractivity contribution in [3.63, 3.8) is 0 Å². The van der Waals surface area contributed by atoms with Crippen molar-refractivity contribution in [2.24, 2.45) is 0 Å². The molecule has 2 N–H and O–H groups in total. The lowest BCUT2D eigenvalue weighted by Crippen LogP contribution is -2.30. The van der Waals surface area contributed by atoms with Gasteiger partial charge in [-0.3, -0.25) is 0 Å². The van der Waals surface area contributed by atoms with E-state index in [2.05, 4.69) is 10.2 Å². The molecule has 102 valence electrons. The molecule has 0 heterocycles. The molecule has 2 atom stereocenters. The van der Waals surface area contributed by atoms with Gasteiger partial charge >= 0.3 is 0 Å². The van der Waals surface area contributed by atoms with Gasteiger partial charge in [0.05, 0.1) is 6.10 Å². The molecule has 0 aliphatic carbocycles. The largest absolute Gasteiger partial charge is 0.392 e. The van der Waals surface area contributed by atoms with E-state index in [0.29, 0.717) is 6.54 Å². The minimum Gasteiger partial charge on any atom is -0.392 e. The lowest BCUT2D eigenvalue weighted by molar-refractivity contribution is 0.139. The molecule has 0 amide bonds. The highest BCUT2D eigenvalue weighted by Gasteiger charge is 2.11. The number of benzene rings is 1. The average molecular weight is 254 g/mol. The molecule has 0 aliphatic rings. The van der Waals surface area contributed by atoms with E-state index < -0.39 is 0 Å². The first-order valence-corrected chi connectivity index (χ1v) is 6.32. The molecule has 0 fully saturated rings. The summed E-state index contributed by atoms with van der Waals surface area (Å²) in [6, 6.07) is 6.80. The lowest BCUT2D eigenvalue weighted by atomic mass is 10.0. The van der Waals surface area contributed by atoms with E-state index in [0.717, 1.165) is 18.5 Å². The number of nitrogens with zero attached hydrogens (tertiary/aromatic N) is 1. The number of nitrogens with one attached hydrogen (secondary N) is 1. The fourth-order valence-electron chi connectivity index (χ4n) is 2.06. The highest BCUT2D eigenvalue weighted by atomic mass is 19.1. The third-order valence-electron chi connectivity index (χ3n) is 3.00. The number of aliphatic hydroxyl groups is 1. The van der Waals surface area contributed by atoms with Crippen LogP contribution < -0.4 is 5.32 Å². The van der Waals surface area contributed by atoms with E-state index in [1.54, 1.807) is 6.92 Å². The zero-order valence-corrected chi connectivity index (χ0v) is 11.4. The molecular weight excluding hydrogens is 231 g/mol. The zero-order valence-electron chi connectivity index (χ0n) is 11.4. The van der Waals surface area contributed by atoms with Gasteiger partial charge in [-0.05, 0) is 51.7 Å². The van der Waals surface area contributed by atoms with Gasteiger partial charge in [0, 0.05) is 12.6 Å². The fraction of sp³-hybridized carbons (Fsp3) is 0.571. The summed E-state index contributed by atoms with van der Waals surface area (Å²) in [6.45, 7) is 3.33. The summed E-state index contributed by atoms with van der Waals surface area (Å²) in [5, 5.41) is 12.5. The topological polar surface area (TPSA) is 35.5 Å². The van der Waals surface area contributed by atoms with Gasteiger partial charge in [0.1, 0.15) is 5.82 Å². The molecule has 0 spiro atoms. The third-order valence-corrected chi connectivity index (χ3v) is 3.00. The summed E-state index contributed by atoms with van der Waals surface area (Å²) in [5.74, 6) is -0.208. The van der Waals surface area contributed by atoms with Gasteiger partial charge < -0.3 is 15.3 Å². The van der Waals surface area contributed by atoms with Gasteiger partial charge in [-0.2, -0.15) is 0 Å². The van der Waals surface area contributed by atoms with Crippen molar-refractivity contribution < 1.29 is 9.50 Å². The minimum atomic E-state index is -0.311. The van der Waals surface area contributed by atoms with Crippen molar-refractivity contribution in [2.75, 3.05) is 27.2 Å². The SMILES string of the molecule is CNC(CCN(C)CC(C)O)c1ccc(F)cc1. The van der Waals surface area contributed by atoms with Crippen molar-refractivity contribution in [3.8, 4) is 0 Å². The van der Waals surface area contributed by atoms with Crippen molar-refractivity contribution in [1.82, 2.24) is 10.2 Å². The smallest absolute Gasteiger partial charge is 0.123 e. The lowest BCUT2D eigenvalue weighted by Gasteiger charge is -2.22. The maximum absolute atomic E-state index is 12.9. The number of hydrogen-bond donors (Lipinski definition) is 2. The van der Waals surface area contributed by atoms with Crippen LogP contribution in [-0.4, -0.2) is 43.3 Å². The second-order valence-electron chi connectivity index (χ2n) is 4.79. The molecule has 1 aromatic rings. The third kappa shape index (κ3) is 5.12.